The second-order valence-corrected chi connectivity index (χ2v) is 4.70. The van der Waals surface area contributed by atoms with Gasteiger partial charge in [-0.25, -0.2) is 4.39 Å². The number of rotatable bonds is 6. The van der Waals surface area contributed by atoms with Gasteiger partial charge in [0.15, 0.2) is 0 Å². The first kappa shape index (κ1) is 15.7. The van der Waals surface area contributed by atoms with Gasteiger partial charge in [-0.1, -0.05) is 6.92 Å². The van der Waals surface area contributed by atoms with Crippen molar-refractivity contribution in [2.75, 3.05) is 13.1 Å². The van der Waals surface area contributed by atoms with E-state index in [0.717, 1.165) is 6.42 Å². The lowest BCUT2D eigenvalue weighted by atomic mass is 10.1. The Labute approximate surface area is 127 Å². The van der Waals surface area contributed by atoms with Crippen LogP contribution in [0.2, 0.25) is 0 Å². The topological polar surface area (TPSA) is 86.9 Å². The third kappa shape index (κ3) is 3.91. The van der Waals surface area contributed by atoms with E-state index >= 15 is 0 Å². The highest BCUT2D eigenvalue weighted by Crippen LogP contribution is 2.21. The molecule has 22 heavy (non-hydrogen) atoms. The standard InChI is InChI=1S/C15H17FN4O2/c1-2-7-17-13(21)9-18-15(22)12-8-19-20-14(12)10-3-5-11(16)6-4-10/h3-6,8H,2,7,9H2,1H3,(H,17,21)(H,18,22)(H,19,20). The quantitative estimate of drug-likeness (QED) is 0.755. The van der Waals surface area contributed by atoms with Crippen molar-refractivity contribution >= 4 is 11.8 Å². The molecular formula is C15H17FN4O2. The molecular weight excluding hydrogens is 287 g/mol. The van der Waals surface area contributed by atoms with Crippen LogP contribution in [0.25, 0.3) is 11.3 Å². The Morgan fingerprint density at radius 1 is 1.23 bits per heavy atom. The van der Waals surface area contributed by atoms with E-state index in [4.69, 9.17) is 0 Å². The molecule has 0 aliphatic carbocycles. The zero-order valence-electron chi connectivity index (χ0n) is 12.1. The van der Waals surface area contributed by atoms with E-state index in [9.17, 15) is 14.0 Å². The van der Waals surface area contributed by atoms with Crippen LogP contribution in [0.4, 0.5) is 4.39 Å². The van der Waals surface area contributed by atoms with Gasteiger partial charge in [0, 0.05) is 12.1 Å². The number of nitrogens with one attached hydrogen (secondary N) is 3. The second-order valence-electron chi connectivity index (χ2n) is 4.70. The fourth-order valence-electron chi connectivity index (χ4n) is 1.88. The number of halogens is 1. The number of hydrogen-bond acceptors (Lipinski definition) is 3. The van der Waals surface area contributed by atoms with Gasteiger partial charge in [0.25, 0.3) is 5.91 Å². The van der Waals surface area contributed by atoms with Crippen LogP contribution in [0.15, 0.2) is 30.5 Å². The third-order valence-electron chi connectivity index (χ3n) is 3.00. The maximum Gasteiger partial charge on any atom is 0.255 e. The van der Waals surface area contributed by atoms with Crippen molar-refractivity contribution in [1.29, 1.82) is 0 Å². The van der Waals surface area contributed by atoms with Crippen LogP contribution in [0.1, 0.15) is 23.7 Å². The largest absolute Gasteiger partial charge is 0.355 e. The molecule has 0 fully saturated rings. The monoisotopic (exact) mass is 304 g/mol. The number of aromatic nitrogens is 2. The maximum atomic E-state index is 12.9. The van der Waals surface area contributed by atoms with E-state index in [1.54, 1.807) is 12.1 Å². The fourth-order valence-corrected chi connectivity index (χ4v) is 1.88. The van der Waals surface area contributed by atoms with Gasteiger partial charge in [-0.2, -0.15) is 5.10 Å². The molecule has 2 amide bonds. The number of carbonyl (C=O) groups is 2. The van der Waals surface area contributed by atoms with E-state index in [2.05, 4.69) is 20.8 Å². The summed E-state index contributed by atoms with van der Waals surface area (Å²) in [6.07, 6.45) is 2.20. The molecule has 0 bridgehead atoms. The van der Waals surface area contributed by atoms with Crippen molar-refractivity contribution in [2.24, 2.45) is 0 Å². The lowest BCUT2D eigenvalue weighted by molar-refractivity contribution is -0.120. The summed E-state index contributed by atoms with van der Waals surface area (Å²) in [6.45, 7) is 2.41. The van der Waals surface area contributed by atoms with Crippen LogP contribution < -0.4 is 10.6 Å². The Hall–Kier alpha value is -2.70. The van der Waals surface area contributed by atoms with Crippen molar-refractivity contribution in [1.82, 2.24) is 20.8 Å². The first-order valence-corrected chi connectivity index (χ1v) is 6.96. The number of aromatic amines is 1. The highest BCUT2D eigenvalue weighted by molar-refractivity contribution is 6.01. The van der Waals surface area contributed by atoms with E-state index < -0.39 is 5.91 Å². The zero-order valence-corrected chi connectivity index (χ0v) is 12.1. The number of benzene rings is 1. The Bertz CT molecular complexity index is 652. The first-order chi connectivity index (χ1) is 10.6. The van der Waals surface area contributed by atoms with Gasteiger partial charge >= 0.3 is 0 Å². The van der Waals surface area contributed by atoms with Gasteiger partial charge in [0.2, 0.25) is 5.91 Å². The van der Waals surface area contributed by atoms with Gasteiger partial charge in [-0.05, 0) is 30.7 Å². The van der Waals surface area contributed by atoms with E-state index in [0.29, 0.717) is 23.4 Å². The second kappa shape index (κ2) is 7.35. The number of hydrogen-bond donors (Lipinski definition) is 3. The van der Waals surface area contributed by atoms with Crippen LogP contribution in [-0.4, -0.2) is 35.1 Å². The summed E-state index contributed by atoms with van der Waals surface area (Å²) in [7, 11) is 0. The van der Waals surface area contributed by atoms with Crippen LogP contribution in [-0.2, 0) is 4.79 Å². The number of amides is 2. The van der Waals surface area contributed by atoms with Crippen molar-refractivity contribution in [2.45, 2.75) is 13.3 Å². The molecule has 2 rings (SSSR count). The summed E-state index contributed by atoms with van der Waals surface area (Å²) in [6, 6.07) is 5.70. The van der Waals surface area contributed by atoms with Crippen molar-refractivity contribution in [3.63, 3.8) is 0 Å². The molecule has 0 radical (unpaired) electrons. The van der Waals surface area contributed by atoms with Crippen LogP contribution >= 0.6 is 0 Å². The van der Waals surface area contributed by atoms with Gasteiger partial charge in [0.05, 0.1) is 24.0 Å². The minimum Gasteiger partial charge on any atom is -0.355 e. The number of nitrogens with zero attached hydrogens (tertiary/aromatic N) is 1. The highest BCUT2D eigenvalue weighted by Gasteiger charge is 2.15. The molecule has 6 nitrogen and oxygen atoms in total. The number of H-pyrrole nitrogens is 1. The highest BCUT2D eigenvalue weighted by atomic mass is 19.1. The lowest BCUT2D eigenvalue weighted by Gasteiger charge is -2.06. The van der Waals surface area contributed by atoms with Gasteiger partial charge in [-0.15, -0.1) is 0 Å². The molecule has 1 aromatic heterocycles. The molecule has 0 saturated heterocycles. The molecule has 0 atom stereocenters. The summed E-state index contributed by atoms with van der Waals surface area (Å²) in [5.74, 6) is -1.02. The third-order valence-corrected chi connectivity index (χ3v) is 3.00. The van der Waals surface area contributed by atoms with Crippen molar-refractivity contribution in [3.8, 4) is 11.3 Å². The van der Waals surface area contributed by atoms with Gasteiger partial charge in [0.1, 0.15) is 5.82 Å². The summed E-state index contributed by atoms with van der Waals surface area (Å²) < 4.78 is 12.9. The average Bonchev–Trinajstić information content (AvgIpc) is 3.01. The molecule has 116 valence electrons. The predicted octanol–water partition coefficient (Wildman–Crippen LogP) is 1.47. The van der Waals surface area contributed by atoms with Crippen LogP contribution in [0.3, 0.4) is 0 Å². The Balaban J connectivity index is 2.04. The molecule has 1 aromatic carbocycles. The van der Waals surface area contributed by atoms with E-state index in [1.807, 2.05) is 6.92 Å². The van der Waals surface area contributed by atoms with Gasteiger partial charge in [-0.3, -0.25) is 14.7 Å². The SMILES string of the molecule is CCCNC(=O)CNC(=O)c1cn[nH]c1-c1ccc(F)cc1. The maximum absolute atomic E-state index is 12.9. The molecule has 7 heteroatoms. The van der Waals surface area contributed by atoms with Gasteiger partial charge < -0.3 is 10.6 Å². The van der Waals surface area contributed by atoms with Crippen molar-refractivity contribution < 1.29 is 14.0 Å². The Kier molecular flexibility index (Phi) is 5.24. The molecule has 0 unspecified atom stereocenters. The lowest BCUT2D eigenvalue weighted by Crippen LogP contribution is -2.37. The minimum atomic E-state index is -0.417. The number of carbonyl (C=O) groups excluding carboxylic acids is 2. The van der Waals surface area contributed by atoms with Crippen LogP contribution in [0.5, 0.6) is 0 Å². The molecule has 1 heterocycles. The Morgan fingerprint density at radius 2 is 1.95 bits per heavy atom. The first-order valence-electron chi connectivity index (χ1n) is 6.96. The smallest absolute Gasteiger partial charge is 0.255 e. The minimum absolute atomic E-state index is 0.104. The summed E-state index contributed by atoms with van der Waals surface area (Å²) in [4.78, 5) is 23.6. The predicted molar refractivity (Wildman–Crippen MR) is 79.6 cm³/mol. The van der Waals surface area contributed by atoms with E-state index in [1.165, 1.54) is 18.3 Å². The molecule has 3 N–H and O–H groups in total. The summed E-state index contributed by atoms with van der Waals surface area (Å²) >= 11 is 0. The summed E-state index contributed by atoms with van der Waals surface area (Å²) in [5, 5.41) is 11.7. The zero-order chi connectivity index (χ0) is 15.9. The van der Waals surface area contributed by atoms with Crippen LogP contribution in [0, 0.1) is 5.82 Å². The molecule has 0 saturated carbocycles. The molecule has 2 aromatic rings. The summed E-state index contributed by atoms with van der Waals surface area (Å²) in [5.41, 5.74) is 1.42. The average molecular weight is 304 g/mol. The normalized spacial score (nSPS) is 10.3. The molecule has 0 aliphatic heterocycles. The molecule has 0 aliphatic rings. The van der Waals surface area contributed by atoms with Crippen molar-refractivity contribution in [3.05, 3.63) is 41.8 Å². The molecule has 0 spiro atoms. The van der Waals surface area contributed by atoms with E-state index in [-0.39, 0.29) is 18.3 Å². The Morgan fingerprint density at radius 3 is 2.64 bits per heavy atom. The fraction of sp³-hybridized carbons (Fsp3) is 0.267.